The molecule has 0 bridgehead atoms. The fraction of sp³-hybridized carbons (Fsp3) is 0.667. The Morgan fingerprint density at radius 2 is 2.26 bits per heavy atom. The van der Waals surface area contributed by atoms with Gasteiger partial charge in [-0.25, -0.2) is 0 Å². The maximum Gasteiger partial charge on any atom is 0.244 e. The van der Waals surface area contributed by atoms with Crippen LogP contribution in [0.1, 0.15) is 50.1 Å². The summed E-state index contributed by atoms with van der Waals surface area (Å²) in [5, 5.41) is 5.72. The van der Waals surface area contributed by atoms with E-state index in [2.05, 4.69) is 34.7 Å². The fourth-order valence-corrected chi connectivity index (χ4v) is 4.24. The molecule has 3 nitrogen and oxygen atoms in total. The van der Waals surface area contributed by atoms with Crippen LogP contribution >= 0.6 is 11.3 Å². The average molecular weight is 276 g/mol. The van der Waals surface area contributed by atoms with Gasteiger partial charge in [0.05, 0.1) is 0 Å². The first kappa shape index (κ1) is 11.9. The second-order valence-electron chi connectivity index (χ2n) is 6.29. The second kappa shape index (κ2) is 4.06. The molecule has 2 aliphatic carbocycles. The Hall–Kier alpha value is -0.870. The van der Waals surface area contributed by atoms with Crippen molar-refractivity contribution >= 4 is 17.2 Å². The highest BCUT2D eigenvalue weighted by Crippen LogP contribution is 2.49. The largest absolute Gasteiger partial charge is 0.317 e. The number of carbonyl (C=O) groups is 1. The number of thiophene rings is 1. The van der Waals surface area contributed by atoms with E-state index in [0.29, 0.717) is 17.9 Å². The maximum absolute atomic E-state index is 12.7. The number of nitrogens with zero attached hydrogens (tertiary/aromatic N) is 1. The van der Waals surface area contributed by atoms with Crippen LogP contribution in [0.4, 0.5) is 0 Å². The van der Waals surface area contributed by atoms with Gasteiger partial charge in [0.2, 0.25) is 5.91 Å². The molecule has 1 N–H and O–H groups in total. The number of amides is 1. The van der Waals surface area contributed by atoms with Crippen LogP contribution < -0.4 is 5.32 Å². The molecular weight excluding hydrogens is 256 g/mol. The number of rotatable bonds is 3. The molecule has 0 radical (unpaired) electrons. The van der Waals surface area contributed by atoms with Crippen molar-refractivity contribution in [2.45, 2.75) is 56.8 Å². The van der Waals surface area contributed by atoms with Crippen molar-refractivity contribution in [3.8, 4) is 0 Å². The molecule has 2 saturated carbocycles. The van der Waals surface area contributed by atoms with Crippen molar-refractivity contribution in [1.29, 1.82) is 0 Å². The molecule has 4 heteroatoms. The lowest BCUT2D eigenvalue weighted by Crippen LogP contribution is -2.44. The van der Waals surface area contributed by atoms with E-state index in [1.54, 1.807) is 11.3 Å². The lowest BCUT2D eigenvalue weighted by atomic mass is 9.79. The highest BCUT2D eigenvalue weighted by Gasteiger charge is 2.60. The Bertz CT molecular complexity index is 490. The van der Waals surface area contributed by atoms with Crippen molar-refractivity contribution < 1.29 is 4.79 Å². The molecular formula is C15H20N2OS. The SMILES string of the molecule is CC(C1CCC1)N1C(=O)C2(CC2)NC1c1cccs1. The minimum atomic E-state index is -0.202. The van der Waals surface area contributed by atoms with E-state index in [4.69, 9.17) is 0 Å². The van der Waals surface area contributed by atoms with Gasteiger partial charge in [0.25, 0.3) is 0 Å². The van der Waals surface area contributed by atoms with Crippen molar-refractivity contribution in [2.75, 3.05) is 0 Å². The summed E-state index contributed by atoms with van der Waals surface area (Å²) in [7, 11) is 0. The zero-order chi connectivity index (χ0) is 13.0. The van der Waals surface area contributed by atoms with E-state index < -0.39 is 0 Å². The van der Waals surface area contributed by atoms with Gasteiger partial charge >= 0.3 is 0 Å². The second-order valence-corrected chi connectivity index (χ2v) is 7.27. The summed E-state index contributed by atoms with van der Waals surface area (Å²) in [6.07, 6.45) is 6.05. The van der Waals surface area contributed by atoms with Crippen LogP contribution in [0.3, 0.4) is 0 Å². The van der Waals surface area contributed by atoms with Crippen LogP contribution in [0.25, 0.3) is 0 Å². The third-order valence-corrected chi connectivity index (χ3v) is 6.09. The van der Waals surface area contributed by atoms with Gasteiger partial charge in [-0.3, -0.25) is 10.1 Å². The predicted octanol–water partition coefficient (Wildman–Crippen LogP) is 2.90. The molecule has 3 fully saturated rings. The van der Waals surface area contributed by atoms with Gasteiger partial charge in [-0.15, -0.1) is 11.3 Å². The van der Waals surface area contributed by atoms with E-state index in [1.165, 1.54) is 24.1 Å². The van der Waals surface area contributed by atoms with Crippen molar-refractivity contribution in [2.24, 2.45) is 5.92 Å². The summed E-state index contributed by atoms with van der Waals surface area (Å²) in [4.78, 5) is 16.2. The summed E-state index contributed by atoms with van der Waals surface area (Å²) >= 11 is 1.75. The van der Waals surface area contributed by atoms with E-state index in [0.717, 1.165) is 12.8 Å². The van der Waals surface area contributed by atoms with Gasteiger partial charge in [-0.1, -0.05) is 12.5 Å². The van der Waals surface area contributed by atoms with E-state index in [-0.39, 0.29) is 11.7 Å². The zero-order valence-electron chi connectivity index (χ0n) is 11.3. The summed E-state index contributed by atoms with van der Waals surface area (Å²) in [6, 6.07) is 4.61. The third-order valence-electron chi connectivity index (χ3n) is 5.17. The first-order valence-corrected chi connectivity index (χ1v) is 8.23. The van der Waals surface area contributed by atoms with E-state index in [1.807, 2.05) is 0 Å². The monoisotopic (exact) mass is 276 g/mol. The molecule has 1 saturated heterocycles. The lowest BCUT2D eigenvalue weighted by molar-refractivity contribution is -0.134. The first-order chi connectivity index (χ1) is 9.21. The molecule has 4 rings (SSSR count). The molecule has 1 aromatic heterocycles. The Morgan fingerprint density at radius 3 is 2.79 bits per heavy atom. The van der Waals surface area contributed by atoms with Gasteiger partial charge in [-0.05, 0) is 50.0 Å². The highest BCUT2D eigenvalue weighted by atomic mass is 32.1. The van der Waals surface area contributed by atoms with Gasteiger partial charge < -0.3 is 4.90 Å². The normalized spacial score (nSPS) is 30.7. The number of carbonyl (C=O) groups excluding carboxylic acids is 1. The summed E-state index contributed by atoms with van der Waals surface area (Å²) < 4.78 is 0. The summed E-state index contributed by atoms with van der Waals surface area (Å²) in [5.41, 5.74) is -0.202. The standard InChI is InChI=1S/C15H20N2OS/c1-10(11-4-2-5-11)17-13(12-6-3-9-19-12)16-15(7-8-15)14(17)18/h3,6,9-11,13,16H,2,4-5,7-8H2,1H3. The van der Waals surface area contributed by atoms with E-state index >= 15 is 0 Å². The number of hydrogen-bond acceptors (Lipinski definition) is 3. The molecule has 2 atom stereocenters. The van der Waals surface area contributed by atoms with Crippen molar-refractivity contribution in [1.82, 2.24) is 10.2 Å². The Balaban J connectivity index is 1.66. The van der Waals surface area contributed by atoms with Gasteiger partial charge in [-0.2, -0.15) is 0 Å². The lowest BCUT2D eigenvalue weighted by Gasteiger charge is -2.39. The molecule has 2 unspecified atom stereocenters. The zero-order valence-corrected chi connectivity index (χ0v) is 12.1. The Kier molecular flexibility index (Phi) is 2.55. The molecule has 3 aliphatic rings. The van der Waals surface area contributed by atoms with Gasteiger partial charge in [0.1, 0.15) is 11.7 Å². The van der Waals surface area contributed by atoms with Crippen LogP contribution in [0, 0.1) is 5.92 Å². The molecule has 19 heavy (non-hydrogen) atoms. The van der Waals surface area contributed by atoms with Crippen LogP contribution in [0.2, 0.25) is 0 Å². The van der Waals surface area contributed by atoms with Gasteiger partial charge in [0.15, 0.2) is 0 Å². The molecule has 1 amide bonds. The molecule has 1 aromatic rings. The predicted molar refractivity (Wildman–Crippen MR) is 75.8 cm³/mol. The molecule has 0 aromatic carbocycles. The Labute approximate surface area is 118 Å². The molecule has 2 heterocycles. The number of nitrogens with one attached hydrogen (secondary N) is 1. The van der Waals surface area contributed by atoms with Crippen LogP contribution in [0.5, 0.6) is 0 Å². The maximum atomic E-state index is 12.7. The summed E-state index contributed by atoms with van der Waals surface area (Å²) in [5.74, 6) is 1.06. The molecule has 1 aliphatic heterocycles. The topological polar surface area (TPSA) is 32.3 Å². The van der Waals surface area contributed by atoms with Crippen LogP contribution in [-0.4, -0.2) is 22.4 Å². The summed E-state index contributed by atoms with van der Waals surface area (Å²) in [6.45, 7) is 2.24. The molecule has 1 spiro atoms. The van der Waals surface area contributed by atoms with Crippen molar-refractivity contribution in [3.05, 3.63) is 22.4 Å². The highest BCUT2D eigenvalue weighted by molar-refractivity contribution is 7.10. The van der Waals surface area contributed by atoms with E-state index in [9.17, 15) is 4.79 Å². The van der Waals surface area contributed by atoms with Crippen LogP contribution in [0.15, 0.2) is 17.5 Å². The fourth-order valence-electron chi connectivity index (χ4n) is 3.47. The smallest absolute Gasteiger partial charge is 0.244 e. The third kappa shape index (κ3) is 1.69. The average Bonchev–Trinajstić information content (AvgIpc) is 2.81. The molecule has 102 valence electrons. The number of hydrogen-bond donors (Lipinski definition) is 1. The quantitative estimate of drug-likeness (QED) is 0.920. The minimum Gasteiger partial charge on any atom is -0.317 e. The minimum absolute atomic E-state index is 0.116. The van der Waals surface area contributed by atoms with Crippen LogP contribution in [-0.2, 0) is 4.79 Å². The first-order valence-electron chi connectivity index (χ1n) is 7.35. The van der Waals surface area contributed by atoms with Crippen molar-refractivity contribution in [3.63, 3.8) is 0 Å². The van der Waals surface area contributed by atoms with Gasteiger partial charge in [0, 0.05) is 10.9 Å². The Morgan fingerprint density at radius 1 is 1.47 bits per heavy atom.